The van der Waals surface area contributed by atoms with E-state index in [1.165, 1.54) is 0 Å². The Bertz CT molecular complexity index is 234. The lowest BCUT2D eigenvalue weighted by molar-refractivity contribution is -0.129. The molecule has 1 rings (SSSR count). The second-order valence-electron chi connectivity index (χ2n) is 3.12. The zero-order chi connectivity index (χ0) is 10.6. The van der Waals surface area contributed by atoms with Gasteiger partial charge >= 0.3 is 0 Å². The summed E-state index contributed by atoms with van der Waals surface area (Å²) in [5, 5.41) is 8.16. The van der Waals surface area contributed by atoms with E-state index in [2.05, 4.69) is 16.0 Å². The summed E-state index contributed by atoms with van der Waals surface area (Å²) in [6.07, 6.45) is 0. The zero-order valence-electron chi connectivity index (χ0n) is 8.70. The molecule has 1 heterocycles. The first-order valence-corrected chi connectivity index (χ1v) is 5.63. The summed E-state index contributed by atoms with van der Waals surface area (Å²) in [5.41, 5.74) is 0. The van der Waals surface area contributed by atoms with E-state index in [0.29, 0.717) is 0 Å². The van der Waals surface area contributed by atoms with Gasteiger partial charge in [0.15, 0.2) is 0 Å². The van der Waals surface area contributed by atoms with Gasteiger partial charge < -0.3 is 10.6 Å². The van der Waals surface area contributed by atoms with E-state index in [9.17, 15) is 9.59 Å². The molecule has 1 unspecified atom stereocenters. The number of thioether (sulfide) groups is 1. The van der Waals surface area contributed by atoms with Crippen molar-refractivity contribution < 1.29 is 9.59 Å². The quantitative estimate of drug-likeness (QED) is 0.624. The highest BCUT2D eigenvalue weighted by Crippen LogP contribution is 2.09. The summed E-state index contributed by atoms with van der Waals surface area (Å²) in [4.78, 5) is 22.6. The average Bonchev–Trinajstić information content (AvgIpc) is 2.69. The van der Waals surface area contributed by atoms with E-state index in [-0.39, 0.29) is 30.3 Å². The monoisotopic (exact) mass is 253 g/mol. The van der Waals surface area contributed by atoms with E-state index in [0.717, 1.165) is 11.6 Å². The minimum absolute atomic E-state index is 0. The Hall–Kier alpha value is -0.460. The average molecular weight is 254 g/mol. The molecule has 0 bridgehead atoms. The van der Waals surface area contributed by atoms with Gasteiger partial charge in [0.1, 0.15) is 6.04 Å². The van der Waals surface area contributed by atoms with Gasteiger partial charge in [-0.3, -0.25) is 14.9 Å². The third-order valence-electron chi connectivity index (χ3n) is 2.03. The van der Waals surface area contributed by atoms with Gasteiger partial charge in [0, 0.05) is 18.7 Å². The van der Waals surface area contributed by atoms with E-state index in [4.69, 9.17) is 0 Å². The second-order valence-corrected chi connectivity index (χ2v) is 4.15. The van der Waals surface area contributed by atoms with Crippen LogP contribution in [0.4, 0.5) is 0 Å². The molecule has 0 aromatic heterocycles. The van der Waals surface area contributed by atoms with Crippen molar-refractivity contribution in [3.05, 3.63) is 0 Å². The molecule has 88 valence electrons. The minimum atomic E-state index is -0.472. The van der Waals surface area contributed by atoms with Crippen molar-refractivity contribution in [2.24, 2.45) is 0 Å². The van der Waals surface area contributed by atoms with Crippen LogP contribution in [0.25, 0.3) is 0 Å². The Labute approximate surface area is 99.5 Å². The van der Waals surface area contributed by atoms with Gasteiger partial charge in [-0.25, -0.2) is 0 Å². The van der Waals surface area contributed by atoms with Crippen molar-refractivity contribution in [2.45, 2.75) is 19.0 Å². The predicted molar refractivity (Wildman–Crippen MR) is 63.2 cm³/mol. The van der Waals surface area contributed by atoms with Crippen LogP contribution < -0.4 is 16.0 Å². The van der Waals surface area contributed by atoms with Crippen LogP contribution in [0.5, 0.6) is 0 Å². The van der Waals surface area contributed by atoms with Gasteiger partial charge in [-0.05, 0) is 6.92 Å². The molecular formula is C8H16ClN3O2S. The fourth-order valence-electron chi connectivity index (χ4n) is 1.16. The summed E-state index contributed by atoms with van der Waals surface area (Å²) in [6.45, 7) is 1.67. The highest BCUT2D eigenvalue weighted by Gasteiger charge is 2.24. The zero-order valence-corrected chi connectivity index (χ0v) is 10.3. The van der Waals surface area contributed by atoms with Gasteiger partial charge in [0.05, 0.1) is 6.04 Å². The molecule has 3 N–H and O–H groups in total. The molecule has 1 fully saturated rings. The van der Waals surface area contributed by atoms with Crippen molar-refractivity contribution in [1.29, 1.82) is 0 Å². The summed E-state index contributed by atoms with van der Waals surface area (Å²) in [6, 6.07) is -0.632. The maximum absolute atomic E-state index is 11.5. The molecule has 1 aliphatic heterocycles. The van der Waals surface area contributed by atoms with Gasteiger partial charge in [0.2, 0.25) is 11.8 Å². The first kappa shape index (κ1) is 14.5. The fraction of sp³-hybridized carbons (Fsp3) is 0.750. The van der Waals surface area contributed by atoms with Crippen molar-refractivity contribution in [3.63, 3.8) is 0 Å². The Morgan fingerprint density at radius 1 is 1.53 bits per heavy atom. The molecule has 2 atom stereocenters. The van der Waals surface area contributed by atoms with Crippen LogP contribution in [0.3, 0.4) is 0 Å². The number of likely N-dealkylation sites (N-methyl/N-ethyl adjacent to an activating group) is 1. The van der Waals surface area contributed by atoms with Crippen LogP contribution in [0, 0.1) is 0 Å². The third kappa shape index (κ3) is 4.27. The van der Waals surface area contributed by atoms with Crippen LogP contribution in [-0.4, -0.2) is 42.6 Å². The second kappa shape index (κ2) is 6.92. The Kier molecular flexibility index (Phi) is 6.71. The molecule has 0 saturated carbocycles. The standard InChI is InChI=1S/C8H15N3O2S.ClH/c1-5(7(12)9-2)11-8(13)6-3-14-4-10-6;/h5-6,10H,3-4H2,1-2H3,(H,9,12)(H,11,13);1H/t5?,6-;/m1./s1. The van der Waals surface area contributed by atoms with Gasteiger partial charge in [-0.15, -0.1) is 24.2 Å². The molecule has 1 aliphatic rings. The summed E-state index contributed by atoms with van der Waals surface area (Å²) < 4.78 is 0. The number of hydrogen-bond acceptors (Lipinski definition) is 4. The Morgan fingerprint density at radius 3 is 2.67 bits per heavy atom. The molecule has 0 radical (unpaired) electrons. The maximum Gasteiger partial charge on any atom is 0.242 e. The SMILES string of the molecule is CNC(=O)C(C)NC(=O)[C@H]1CSCN1.Cl. The normalized spacial score (nSPS) is 21.3. The molecule has 5 nitrogen and oxygen atoms in total. The van der Waals surface area contributed by atoms with Crippen molar-refractivity contribution in [3.8, 4) is 0 Å². The smallest absolute Gasteiger partial charge is 0.242 e. The van der Waals surface area contributed by atoms with Crippen LogP contribution in [0.1, 0.15) is 6.92 Å². The van der Waals surface area contributed by atoms with Crippen LogP contribution in [0.15, 0.2) is 0 Å². The molecule has 2 amide bonds. The summed E-state index contributed by atoms with van der Waals surface area (Å²) in [7, 11) is 1.55. The molecule has 0 aliphatic carbocycles. The molecule has 0 aromatic rings. The lowest BCUT2D eigenvalue weighted by atomic mass is 10.2. The van der Waals surface area contributed by atoms with E-state index in [1.807, 2.05) is 0 Å². The largest absolute Gasteiger partial charge is 0.357 e. The van der Waals surface area contributed by atoms with Crippen molar-refractivity contribution in [2.75, 3.05) is 18.7 Å². The molecule has 7 heteroatoms. The van der Waals surface area contributed by atoms with Crippen LogP contribution in [-0.2, 0) is 9.59 Å². The lowest BCUT2D eigenvalue weighted by Gasteiger charge is -2.15. The molecule has 1 saturated heterocycles. The van der Waals surface area contributed by atoms with E-state index >= 15 is 0 Å². The van der Waals surface area contributed by atoms with Crippen molar-refractivity contribution in [1.82, 2.24) is 16.0 Å². The lowest BCUT2D eigenvalue weighted by Crippen LogP contribution is -2.50. The first-order chi connectivity index (χ1) is 6.65. The number of halogens is 1. The highest BCUT2D eigenvalue weighted by molar-refractivity contribution is 7.99. The van der Waals surface area contributed by atoms with Crippen LogP contribution in [0.2, 0.25) is 0 Å². The molecular weight excluding hydrogens is 238 g/mol. The molecule has 0 spiro atoms. The number of carbonyl (C=O) groups is 2. The topological polar surface area (TPSA) is 70.2 Å². The number of amides is 2. The first-order valence-electron chi connectivity index (χ1n) is 4.48. The van der Waals surface area contributed by atoms with E-state index < -0.39 is 6.04 Å². The number of nitrogens with one attached hydrogen (secondary N) is 3. The Morgan fingerprint density at radius 2 is 2.20 bits per heavy atom. The minimum Gasteiger partial charge on any atom is -0.357 e. The fourth-order valence-corrected chi connectivity index (χ4v) is 2.10. The number of rotatable bonds is 3. The van der Waals surface area contributed by atoms with Gasteiger partial charge in [-0.2, -0.15) is 0 Å². The predicted octanol–water partition coefficient (Wildman–Crippen LogP) is -0.679. The van der Waals surface area contributed by atoms with Gasteiger partial charge in [0.25, 0.3) is 0 Å². The van der Waals surface area contributed by atoms with Crippen molar-refractivity contribution >= 4 is 36.0 Å². The van der Waals surface area contributed by atoms with E-state index in [1.54, 1.807) is 25.7 Å². The molecule has 0 aromatic carbocycles. The number of carbonyl (C=O) groups excluding carboxylic acids is 2. The maximum atomic E-state index is 11.5. The van der Waals surface area contributed by atoms with Gasteiger partial charge in [-0.1, -0.05) is 0 Å². The highest BCUT2D eigenvalue weighted by atomic mass is 35.5. The summed E-state index contributed by atoms with van der Waals surface area (Å²) in [5.74, 6) is 1.29. The Balaban J connectivity index is 0.00000196. The molecule has 15 heavy (non-hydrogen) atoms. The van der Waals surface area contributed by atoms with Crippen LogP contribution >= 0.6 is 24.2 Å². The third-order valence-corrected chi connectivity index (χ3v) is 2.97. The number of hydrogen-bond donors (Lipinski definition) is 3. The summed E-state index contributed by atoms with van der Waals surface area (Å²) >= 11 is 1.68.